The fraction of sp³-hybridized carbons (Fsp3) is 0.465. The molecule has 1 heterocycles. The Labute approximate surface area is 345 Å². The lowest BCUT2D eigenvalue weighted by atomic mass is 9.90. The Balaban J connectivity index is 1.69. The summed E-state index contributed by atoms with van der Waals surface area (Å²) in [5, 5.41) is 11.4. The molecule has 1 aromatic heterocycles. The second-order valence-electron chi connectivity index (χ2n) is 14.9. The van der Waals surface area contributed by atoms with Crippen LogP contribution < -0.4 is 26.0 Å². The van der Waals surface area contributed by atoms with Crippen molar-refractivity contribution < 1.29 is 52.3 Å². The maximum atomic E-state index is 13.5. The minimum absolute atomic E-state index is 0.0305. The number of hydroxylamine groups is 2. The van der Waals surface area contributed by atoms with E-state index >= 15 is 0 Å². The zero-order chi connectivity index (χ0) is 43.5. The normalized spacial score (nSPS) is 12.5. The number of hydrogen-bond acceptors (Lipinski definition) is 11. The summed E-state index contributed by atoms with van der Waals surface area (Å²) >= 11 is 0. The Morgan fingerprint density at radius 3 is 2.25 bits per heavy atom. The average Bonchev–Trinajstić information content (AvgIpc) is 3.69. The quantitative estimate of drug-likeness (QED) is 0.0293. The molecule has 0 aliphatic carbocycles. The molecule has 3 rings (SSSR count). The van der Waals surface area contributed by atoms with E-state index in [9.17, 15) is 33.6 Å². The van der Waals surface area contributed by atoms with Crippen molar-refractivity contribution in [3.05, 3.63) is 77.6 Å². The summed E-state index contributed by atoms with van der Waals surface area (Å²) in [6.45, 7) is 12.0. The Morgan fingerprint density at radius 1 is 0.898 bits per heavy atom. The third kappa shape index (κ3) is 15.2. The molecule has 0 spiro atoms. The summed E-state index contributed by atoms with van der Waals surface area (Å²) in [6.07, 6.45) is 2.44. The van der Waals surface area contributed by atoms with E-state index in [1.54, 1.807) is 77.1 Å². The lowest BCUT2D eigenvalue weighted by Crippen LogP contribution is -2.51. The summed E-state index contributed by atoms with van der Waals surface area (Å²) in [7, 11) is 0. The third-order valence-corrected chi connectivity index (χ3v) is 8.89. The number of rotatable bonds is 23. The number of carbonyl (C=O) groups excluding carboxylic acids is 7. The van der Waals surface area contributed by atoms with E-state index in [1.165, 1.54) is 19.1 Å². The number of esters is 1. The summed E-state index contributed by atoms with van der Waals surface area (Å²) in [6, 6.07) is 14.6. The van der Waals surface area contributed by atoms with Crippen molar-refractivity contribution in [2.24, 2.45) is 5.92 Å². The lowest BCUT2D eigenvalue weighted by Gasteiger charge is -2.32. The number of carbonyl (C=O) groups is 7. The monoisotopic (exact) mass is 819 g/mol. The van der Waals surface area contributed by atoms with Gasteiger partial charge in [-0.2, -0.15) is 5.06 Å². The first-order chi connectivity index (χ1) is 28.1. The van der Waals surface area contributed by atoms with E-state index in [-0.39, 0.29) is 54.9 Å². The highest BCUT2D eigenvalue weighted by molar-refractivity contribution is 6.00. The van der Waals surface area contributed by atoms with Crippen LogP contribution in [0.3, 0.4) is 0 Å². The number of ether oxygens (including phenoxy) is 2. The number of amides is 5. The number of benzene rings is 2. The number of Topliss-reactive ketones (excluding diaryl/α,β-unsaturated/α-hetero) is 1. The van der Waals surface area contributed by atoms with Crippen molar-refractivity contribution in [2.75, 3.05) is 13.3 Å². The Morgan fingerprint density at radius 2 is 1.63 bits per heavy atom. The van der Waals surface area contributed by atoms with Crippen LogP contribution in [0.5, 0.6) is 5.75 Å². The molecular weight excluding hydrogens is 762 g/mol. The van der Waals surface area contributed by atoms with Crippen LogP contribution in [0.4, 0.5) is 4.79 Å². The smallest absolute Gasteiger partial charge is 0.432 e. The molecule has 2 aromatic carbocycles. The van der Waals surface area contributed by atoms with Gasteiger partial charge in [-0.1, -0.05) is 69.5 Å². The Kier molecular flexibility index (Phi) is 18.6. The van der Waals surface area contributed by atoms with Gasteiger partial charge >= 0.3 is 12.1 Å². The first-order valence-electron chi connectivity index (χ1n) is 19.8. The van der Waals surface area contributed by atoms with Gasteiger partial charge < -0.3 is 40.0 Å². The van der Waals surface area contributed by atoms with Gasteiger partial charge in [0, 0.05) is 17.5 Å². The predicted octanol–water partition coefficient (Wildman–Crippen LogP) is 5.84. The molecule has 16 nitrogen and oxygen atoms in total. The molecule has 0 fully saturated rings. The highest BCUT2D eigenvalue weighted by atomic mass is 16.7. The molecule has 0 bridgehead atoms. The van der Waals surface area contributed by atoms with Gasteiger partial charge in [0.15, 0.2) is 5.76 Å². The average molecular weight is 820 g/mol. The molecule has 320 valence electrons. The lowest BCUT2D eigenvalue weighted by molar-refractivity contribution is -0.169. The summed E-state index contributed by atoms with van der Waals surface area (Å²) in [4.78, 5) is 94.8. The van der Waals surface area contributed by atoms with E-state index in [0.29, 0.717) is 31.2 Å². The van der Waals surface area contributed by atoms with Crippen molar-refractivity contribution in [3.8, 4) is 17.1 Å². The summed E-state index contributed by atoms with van der Waals surface area (Å²) in [5.41, 5.74) is 0.697. The topological polar surface area (TPSA) is 212 Å². The van der Waals surface area contributed by atoms with Gasteiger partial charge in [-0.3, -0.25) is 24.0 Å². The first-order valence-corrected chi connectivity index (χ1v) is 19.8. The molecule has 4 N–H and O–H groups in total. The third-order valence-electron chi connectivity index (χ3n) is 8.89. The van der Waals surface area contributed by atoms with E-state index in [4.69, 9.17) is 18.7 Å². The standard InChI is InChI=1S/C43H57N5O11/c1-8-11-13-18-31(34(9-2)48(27-49)59-42(55)47-43(5,6)7)38(51)44-26-45-40(53)36-22-21-35(58-36)30-19-20-32(37(24-30)56-10-3)39(52)46-33(23-28(4)50)41(54)57-25-29-16-14-12-15-17-29/h12,14-17,19-22,24,27,31,33-34H,8-11,13,18,23,25-26H2,1-7H3,(H,44,51)(H,45,53)(H,46,52)(H,47,55)/t31-,33+,34-/m1/s1. The fourth-order valence-corrected chi connectivity index (χ4v) is 6.08. The van der Waals surface area contributed by atoms with Gasteiger partial charge in [-0.15, -0.1) is 0 Å². The first kappa shape index (κ1) is 47.2. The van der Waals surface area contributed by atoms with Crippen molar-refractivity contribution in [2.45, 2.75) is 111 Å². The number of unbranched alkanes of at least 4 members (excludes halogenated alkanes) is 2. The molecule has 0 aliphatic heterocycles. The van der Waals surface area contributed by atoms with Crippen LogP contribution in [0.1, 0.15) is 113 Å². The SMILES string of the molecule is CCCCC[C@@H](C(=O)NCNC(=O)c1ccc(-c2ccc(C(=O)N[C@@H](CC(C)=O)C(=O)OCc3ccccc3)c(OCC)c2)o1)[C@@H](CC)N(C=O)OC(=O)NC(C)(C)C. The van der Waals surface area contributed by atoms with E-state index in [0.717, 1.165) is 23.5 Å². The number of nitrogens with one attached hydrogen (secondary N) is 4. The van der Waals surface area contributed by atoms with Crippen LogP contribution in [0.2, 0.25) is 0 Å². The minimum atomic E-state index is -1.24. The van der Waals surface area contributed by atoms with E-state index in [2.05, 4.69) is 21.3 Å². The molecule has 0 radical (unpaired) electrons. The van der Waals surface area contributed by atoms with Crippen LogP contribution in [-0.2, 0) is 35.4 Å². The second-order valence-corrected chi connectivity index (χ2v) is 14.9. The zero-order valence-corrected chi connectivity index (χ0v) is 34.9. The molecule has 0 unspecified atom stereocenters. The molecule has 5 amide bonds. The molecule has 0 saturated carbocycles. The van der Waals surface area contributed by atoms with E-state index < -0.39 is 53.3 Å². The van der Waals surface area contributed by atoms with Crippen LogP contribution in [0.25, 0.3) is 11.3 Å². The minimum Gasteiger partial charge on any atom is -0.493 e. The number of furan rings is 1. The summed E-state index contributed by atoms with van der Waals surface area (Å²) < 4.78 is 17.0. The van der Waals surface area contributed by atoms with E-state index in [1.807, 2.05) is 13.0 Å². The van der Waals surface area contributed by atoms with Gasteiger partial charge in [-0.05, 0) is 77.3 Å². The summed E-state index contributed by atoms with van der Waals surface area (Å²) in [5.74, 6) is -3.18. The van der Waals surface area contributed by atoms with Crippen molar-refractivity contribution in [1.82, 2.24) is 26.3 Å². The van der Waals surface area contributed by atoms with Gasteiger partial charge in [0.25, 0.3) is 11.8 Å². The van der Waals surface area contributed by atoms with Gasteiger partial charge in [0.05, 0.1) is 30.8 Å². The molecule has 0 saturated heterocycles. The molecule has 16 heteroatoms. The van der Waals surface area contributed by atoms with Crippen LogP contribution in [0.15, 0.2) is 65.1 Å². The Hall–Kier alpha value is -6.19. The van der Waals surface area contributed by atoms with Crippen molar-refractivity contribution >= 4 is 42.0 Å². The Bertz CT molecular complexity index is 1890. The highest BCUT2D eigenvalue weighted by Crippen LogP contribution is 2.29. The van der Waals surface area contributed by atoms with Crippen LogP contribution >= 0.6 is 0 Å². The predicted molar refractivity (Wildman–Crippen MR) is 218 cm³/mol. The highest BCUT2D eigenvalue weighted by Gasteiger charge is 2.34. The van der Waals surface area contributed by atoms with Crippen molar-refractivity contribution in [1.29, 1.82) is 0 Å². The van der Waals surface area contributed by atoms with Gasteiger partial charge in [-0.25, -0.2) is 9.59 Å². The van der Waals surface area contributed by atoms with Crippen molar-refractivity contribution in [3.63, 3.8) is 0 Å². The maximum absolute atomic E-state index is 13.5. The second kappa shape index (κ2) is 23.3. The number of hydrogen-bond donors (Lipinski definition) is 4. The fourth-order valence-electron chi connectivity index (χ4n) is 6.08. The van der Waals surface area contributed by atoms with Crippen LogP contribution in [-0.4, -0.2) is 77.9 Å². The molecule has 3 atom stereocenters. The number of ketones is 1. The molecule has 59 heavy (non-hydrogen) atoms. The zero-order valence-electron chi connectivity index (χ0n) is 34.9. The van der Waals surface area contributed by atoms with Crippen LogP contribution in [0, 0.1) is 5.92 Å². The molecular formula is C43H57N5O11. The largest absolute Gasteiger partial charge is 0.493 e. The molecule has 3 aromatic rings. The van der Waals surface area contributed by atoms with Gasteiger partial charge in [0.1, 0.15) is 29.9 Å². The number of nitrogens with zero attached hydrogens (tertiary/aromatic N) is 1. The van der Waals surface area contributed by atoms with Gasteiger partial charge in [0.2, 0.25) is 12.3 Å². The maximum Gasteiger partial charge on any atom is 0.432 e. The molecule has 0 aliphatic rings.